The minimum atomic E-state index is -1.04. The third-order valence-electron chi connectivity index (χ3n) is 2.82. The van der Waals surface area contributed by atoms with Crippen molar-refractivity contribution in [3.8, 4) is 0 Å². The molecule has 15 heavy (non-hydrogen) atoms. The average molecular weight is 216 g/mol. The first-order valence-electron chi connectivity index (χ1n) is 5.48. The van der Waals surface area contributed by atoms with E-state index in [2.05, 4.69) is 0 Å². The van der Waals surface area contributed by atoms with Crippen LogP contribution in [0.2, 0.25) is 0 Å². The molecule has 0 saturated carbocycles. The van der Waals surface area contributed by atoms with Crippen LogP contribution in [0.4, 0.5) is 0 Å². The second-order valence-electron chi connectivity index (χ2n) is 4.38. The summed E-state index contributed by atoms with van der Waals surface area (Å²) in [7, 11) is 0. The summed E-state index contributed by atoms with van der Waals surface area (Å²) in [4.78, 5) is 11.7. The lowest BCUT2D eigenvalue weighted by molar-refractivity contribution is -0.162. The highest BCUT2D eigenvalue weighted by molar-refractivity contribution is 5.74. The molecule has 1 saturated heterocycles. The number of aliphatic hydroxyl groups is 1. The lowest BCUT2D eigenvalue weighted by atomic mass is 9.79. The normalized spacial score (nSPS) is 28.1. The van der Waals surface area contributed by atoms with E-state index < -0.39 is 11.5 Å². The van der Waals surface area contributed by atoms with Crippen molar-refractivity contribution in [1.29, 1.82) is 0 Å². The van der Waals surface area contributed by atoms with Gasteiger partial charge in [-0.15, -0.1) is 0 Å². The first-order chi connectivity index (χ1) is 7.01. The van der Waals surface area contributed by atoms with Crippen molar-refractivity contribution in [2.45, 2.75) is 32.8 Å². The fraction of sp³-hybridized carbons (Fsp3) is 0.909. The smallest absolute Gasteiger partial charge is 0.312 e. The van der Waals surface area contributed by atoms with E-state index in [-0.39, 0.29) is 18.5 Å². The van der Waals surface area contributed by atoms with Crippen LogP contribution in [0.5, 0.6) is 0 Å². The van der Waals surface area contributed by atoms with Crippen molar-refractivity contribution in [2.75, 3.05) is 19.8 Å². The number of rotatable bonds is 4. The Balaban J connectivity index is 2.77. The van der Waals surface area contributed by atoms with Crippen LogP contribution >= 0.6 is 0 Å². The third kappa shape index (κ3) is 2.69. The van der Waals surface area contributed by atoms with Crippen LogP contribution in [0.15, 0.2) is 0 Å². The molecule has 1 aliphatic heterocycles. The SMILES string of the molecule is CCOC(=O)C(C(C)C)C1(O)CCOC1. The molecule has 1 aliphatic rings. The van der Waals surface area contributed by atoms with Crippen molar-refractivity contribution in [2.24, 2.45) is 11.8 Å². The minimum Gasteiger partial charge on any atom is -0.466 e. The van der Waals surface area contributed by atoms with Crippen LogP contribution in [-0.2, 0) is 14.3 Å². The molecule has 1 N–H and O–H groups in total. The lowest BCUT2D eigenvalue weighted by Crippen LogP contribution is -2.46. The maximum atomic E-state index is 11.7. The van der Waals surface area contributed by atoms with Gasteiger partial charge in [0.05, 0.1) is 19.1 Å². The van der Waals surface area contributed by atoms with Gasteiger partial charge in [-0.2, -0.15) is 0 Å². The van der Waals surface area contributed by atoms with Gasteiger partial charge in [0.1, 0.15) is 5.60 Å². The second-order valence-corrected chi connectivity index (χ2v) is 4.38. The quantitative estimate of drug-likeness (QED) is 0.711. The molecule has 1 rings (SSSR count). The highest BCUT2D eigenvalue weighted by Gasteiger charge is 2.46. The molecule has 2 atom stereocenters. The molecule has 0 radical (unpaired) electrons. The molecule has 0 amide bonds. The van der Waals surface area contributed by atoms with E-state index in [0.717, 1.165) is 0 Å². The average Bonchev–Trinajstić information content (AvgIpc) is 2.52. The number of esters is 1. The highest BCUT2D eigenvalue weighted by Crippen LogP contribution is 2.33. The van der Waals surface area contributed by atoms with Gasteiger partial charge >= 0.3 is 5.97 Å². The molecule has 1 heterocycles. The van der Waals surface area contributed by atoms with Gasteiger partial charge in [0.25, 0.3) is 0 Å². The van der Waals surface area contributed by atoms with Gasteiger partial charge in [0.2, 0.25) is 0 Å². The largest absolute Gasteiger partial charge is 0.466 e. The standard InChI is InChI=1S/C11H20O4/c1-4-15-10(12)9(8(2)3)11(13)5-6-14-7-11/h8-9,13H,4-7H2,1-3H3. The molecule has 0 spiro atoms. The maximum Gasteiger partial charge on any atom is 0.312 e. The van der Waals surface area contributed by atoms with Crippen LogP contribution in [0.3, 0.4) is 0 Å². The fourth-order valence-electron chi connectivity index (χ4n) is 2.16. The molecule has 0 aromatic rings. The Morgan fingerprint density at radius 3 is 2.67 bits per heavy atom. The lowest BCUT2D eigenvalue weighted by Gasteiger charge is -2.32. The Hall–Kier alpha value is -0.610. The molecule has 88 valence electrons. The van der Waals surface area contributed by atoms with Crippen LogP contribution in [0.25, 0.3) is 0 Å². The number of carbonyl (C=O) groups is 1. The zero-order chi connectivity index (χ0) is 11.5. The summed E-state index contributed by atoms with van der Waals surface area (Å²) < 4.78 is 10.2. The zero-order valence-corrected chi connectivity index (χ0v) is 9.66. The van der Waals surface area contributed by atoms with Gasteiger partial charge in [0.15, 0.2) is 0 Å². The van der Waals surface area contributed by atoms with E-state index in [1.54, 1.807) is 6.92 Å². The van der Waals surface area contributed by atoms with Gasteiger partial charge in [-0.3, -0.25) is 4.79 Å². The van der Waals surface area contributed by atoms with E-state index in [9.17, 15) is 9.90 Å². The molecule has 0 aromatic carbocycles. The van der Waals surface area contributed by atoms with E-state index in [4.69, 9.17) is 9.47 Å². The summed E-state index contributed by atoms with van der Waals surface area (Å²) in [6, 6.07) is 0. The van der Waals surface area contributed by atoms with Crippen LogP contribution < -0.4 is 0 Å². The number of ether oxygens (including phenoxy) is 2. The Labute approximate surface area is 90.6 Å². The maximum absolute atomic E-state index is 11.7. The highest BCUT2D eigenvalue weighted by atomic mass is 16.5. The number of hydrogen-bond acceptors (Lipinski definition) is 4. The molecular formula is C11H20O4. The zero-order valence-electron chi connectivity index (χ0n) is 9.66. The van der Waals surface area contributed by atoms with Gasteiger partial charge < -0.3 is 14.6 Å². The fourth-order valence-corrected chi connectivity index (χ4v) is 2.16. The molecule has 1 fully saturated rings. The van der Waals surface area contributed by atoms with Gasteiger partial charge in [-0.25, -0.2) is 0 Å². The van der Waals surface area contributed by atoms with Crippen molar-refractivity contribution in [1.82, 2.24) is 0 Å². The topological polar surface area (TPSA) is 55.8 Å². The minimum absolute atomic E-state index is 0.0516. The Morgan fingerprint density at radius 2 is 2.27 bits per heavy atom. The summed E-state index contributed by atoms with van der Waals surface area (Å²) in [5, 5.41) is 10.3. The predicted octanol–water partition coefficient (Wildman–Crippen LogP) is 0.973. The molecule has 0 aromatic heterocycles. The van der Waals surface area contributed by atoms with Crippen molar-refractivity contribution in [3.05, 3.63) is 0 Å². The van der Waals surface area contributed by atoms with Crippen LogP contribution in [0.1, 0.15) is 27.2 Å². The molecule has 0 aliphatic carbocycles. The molecular weight excluding hydrogens is 196 g/mol. The first kappa shape index (κ1) is 12.5. The van der Waals surface area contributed by atoms with E-state index in [0.29, 0.717) is 19.6 Å². The predicted molar refractivity (Wildman–Crippen MR) is 55.3 cm³/mol. The van der Waals surface area contributed by atoms with E-state index >= 15 is 0 Å². The van der Waals surface area contributed by atoms with Crippen LogP contribution in [-0.4, -0.2) is 36.5 Å². The molecule has 0 bridgehead atoms. The summed E-state index contributed by atoms with van der Waals surface area (Å²) >= 11 is 0. The Bertz CT molecular complexity index is 219. The summed E-state index contributed by atoms with van der Waals surface area (Å²) in [6.45, 7) is 6.69. The Morgan fingerprint density at radius 1 is 1.60 bits per heavy atom. The van der Waals surface area contributed by atoms with E-state index in [1.807, 2.05) is 13.8 Å². The Kier molecular flexibility index (Phi) is 4.11. The number of carbonyl (C=O) groups excluding carboxylic acids is 1. The molecule has 4 heteroatoms. The third-order valence-corrected chi connectivity index (χ3v) is 2.82. The monoisotopic (exact) mass is 216 g/mol. The summed E-state index contributed by atoms with van der Waals surface area (Å²) in [6.07, 6.45) is 0.509. The number of hydrogen-bond donors (Lipinski definition) is 1. The summed E-state index contributed by atoms with van der Waals surface area (Å²) in [5.74, 6) is -0.754. The van der Waals surface area contributed by atoms with Crippen molar-refractivity contribution in [3.63, 3.8) is 0 Å². The van der Waals surface area contributed by atoms with Crippen molar-refractivity contribution >= 4 is 5.97 Å². The van der Waals surface area contributed by atoms with E-state index in [1.165, 1.54) is 0 Å². The first-order valence-corrected chi connectivity index (χ1v) is 5.48. The van der Waals surface area contributed by atoms with Gasteiger partial charge in [-0.1, -0.05) is 13.8 Å². The van der Waals surface area contributed by atoms with Gasteiger partial charge in [0, 0.05) is 13.0 Å². The molecule has 4 nitrogen and oxygen atoms in total. The van der Waals surface area contributed by atoms with Gasteiger partial charge in [-0.05, 0) is 12.8 Å². The molecule has 2 unspecified atom stereocenters. The second kappa shape index (κ2) is 4.94. The summed E-state index contributed by atoms with van der Waals surface area (Å²) in [5.41, 5.74) is -1.04. The van der Waals surface area contributed by atoms with Crippen molar-refractivity contribution < 1.29 is 19.4 Å². The van der Waals surface area contributed by atoms with Crippen LogP contribution in [0, 0.1) is 11.8 Å².